The fraction of sp³-hybridized carbons (Fsp3) is 0.250. The lowest BCUT2D eigenvalue weighted by Crippen LogP contribution is -2.09. The lowest BCUT2D eigenvalue weighted by atomic mass is 10.6. The van der Waals surface area contributed by atoms with Crippen molar-refractivity contribution in [3.05, 3.63) is 12.3 Å². The summed E-state index contributed by atoms with van der Waals surface area (Å²) in [5, 5.41) is 3.82. The fourth-order valence-electron chi connectivity index (χ4n) is 0.330. The van der Waals surface area contributed by atoms with Crippen molar-refractivity contribution in [2.24, 2.45) is 4.99 Å². The summed E-state index contributed by atoms with van der Waals surface area (Å²) in [6.45, 7) is 0. The maximum absolute atomic E-state index is 3.95. The van der Waals surface area contributed by atoms with Crippen LogP contribution in [0.25, 0.3) is 0 Å². The monoisotopic (exact) mass is 113 g/mol. The topological polar surface area (TPSA) is 26.5 Å². The molecule has 0 bridgehead atoms. The van der Waals surface area contributed by atoms with Gasteiger partial charge in [0.2, 0.25) is 0 Å². The van der Waals surface area contributed by atoms with E-state index in [1.807, 2.05) is 0 Å². The van der Waals surface area contributed by atoms with Gasteiger partial charge in [-0.15, -0.1) is 12.6 Å². The Balaban J connectivity index is 2.49. The molecule has 1 unspecified atom stereocenters. The fourth-order valence-corrected chi connectivity index (χ4v) is 0.484. The van der Waals surface area contributed by atoms with Crippen molar-refractivity contribution in [2.75, 3.05) is 0 Å². The van der Waals surface area contributed by atoms with Gasteiger partial charge in [-0.3, -0.25) is 10.3 Å². The number of rotatable bonds is 0. The molecule has 0 amide bonds. The maximum Gasteiger partial charge on any atom is 0.183 e. The number of allylic oxidation sites excluding steroid dienone is 1. The van der Waals surface area contributed by atoms with Crippen molar-refractivity contribution in [3.8, 4) is 0 Å². The Hall–Kier alpha value is -0.440. The molecule has 37 valence electrons. The van der Waals surface area contributed by atoms with Crippen molar-refractivity contribution in [1.82, 2.24) is 5.32 Å². The third kappa shape index (κ3) is 1.23. The number of nitrogens with zero attached hydrogens (tertiary/aromatic N) is 2. The van der Waals surface area contributed by atoms with Gasteiger partial charge in [0, 0.05) is 12.4 Å². The Morgan fingerprint density at radius 3 is 2.71 bits per heavy atom. The van der Waals surface area contributed by atoms with Crippen LogP contribution in [0.15, 0.2) is 17.3 Å². The second-order valence-corrected chi connectivity index (χ2v) is 1.60. The third-order valence-corrected chi connectivity index (χ3v) is 0.878. The summed E-state index contributed by atoms with van der Waals surface area (Å²) in [6.07, 6.45) is 5.14. The number of thiol groups is 1. The van der Waals surface area contributed by atoms with Crippen LogP contribution in [-0.4, -0.2) is 11.7 Å². The molecule has 1 aliphatic rings. The Labute approximate surface area is 47.7 Å². The minimum absolute atomic E-state index is 0.162. The first-order chi connectivity index (χ1) is 3.39. The molecule has 0 aromatic carbocycles. The highest BCUT2D eigenvalue weighted by Gasteiger charge is 1.95. The Morgan fingerprint density at radius 1 is 1.57 bits per heavy atom. The van der Waals surface area contributed by atoms with E-state index in [0.717, 1.165) is 0 Å². The highest BCUT2D eigenvalue weighted by atomic mass is 32.1. The molecule has 0 spiro atoms. The predicted octanol–water partition coefficient (Wildman–Crippen LogP) is 0.402. The van der Waals surface area contributed by atoms with E-state index in [0.29, 0.717) is 0 Å². The molecule has 1 heterocycles. The normalized spacial score (nSPS) is 27.3. The predicted molar refractivity (Wildman–Crippen MR) is 32.5 cm³/mol. The van der Waals surface area contributed by atoms with Crippen LogP contribution < -0.4 is 5.32 Å². The van der Waals surface area contributed by atoms with Gasteiger partial charge in [-0.05, 0) is 6.08 Å². The molecule has 0 N–H and O–H groups in total. The Bertz CT molecular complexity index is 108. The summed E-state index contributed by atoms with van der Waals surface area (Å²) >= 11 is 3.95. The standard InChI is InChI=1S/C4H5N2S/c7-4-5-2-1-3-6-4/h1-4,7H. The second kappa shape index (κ2) is 2.02. The second-order valence-electron chi connectivity index (χ2n) is 1.14. The van der Waals surface area contributed by atoms with E-state index in [1.54, 1.807) is 18.5 Å². The van der Waals surface area contributed by atoms with Crippen LogP contribution >= 0.6 is 12.6 Å². The zero-order valence-electron chi connectivity index (χ0n) is 3.65. The maximum atomic E-state index is 3.95. The first kappa shape index (κ1) is 4.71. The molecule has 3 heteroatoms. The molecule has 0 aromatic heterocycles. The molecule has 0 saturated heterocycles. The molecule has 0 fully saturated rings. The highest BCUT2D eigenvalue weighted by Crippen LogP contribution is 1.95. The minimum Gasteiger partial charge on any atom is -0.256 e. The average Bonchev–Trinajstić information content (AvgIpc) is 1.69. The van der Waals surface area contributed by atoms with Gasteiger partial charge < -0.3 is 0 Å². The lowest BCUT2D eigenvalue weighted by Gasteiger charge is -2.02. The molecule has 2 nitrogen and oxygen atoms in total. The zero-order valence-corrected chi connectivity index (χ0v) is 4.55. The van der Waals surface area contributed by atoms with Crippen molar-refractivity contribution >= 4 is 18.8 Å². The molecule has 1 atom stereocenters. The molecular formula is C4H5N2S. The van der Waals surface area contributed by atoms with Gasteiger partial charge in [-0.1, -0.05) is 0 Å². The van der Waals surface area contributed by atoms with Crippen LogP contribution in [0.1, 0.15) is 0 Å². The van der Waals surface area contributed by atoms with Crippen molar-refractivity contribution in [2.45, 2.75) is 5.50 Å². The smallest absolute Gasteiger partial charge is 0.183 e. The van der Waals surface area contributed by atoms with Gasteiger partial charge in [-0.2, -0.15) is 0 Å². The van der Waals surface area contributed by atoms with E-state index >= 15 is 0 Å². The van der Waals surface area contributed by atoms with E-state index in [2.05, 4.69) is 22.9 Å². The Kier molecular flexibility index (Phi) is 1.36. The van der Waals surface area contributed by atoms with Crippen molar-refractivity contribution in [1.29, 1.82) is 0 Å². The number of hydrogen-bond donors (Lipinski definition) is 1. The molecular weight excluding hydrogens is 108 g/mol. The van der Waals surface area contributed by atoms with E-state index in [1.165, 1.54) is 0 Å². The van der Waals surface area contributed by atoms with Gasteiger partial charge >= 0.3 is 0 Å². The molecule has 0 saturated carbocycles. The molecule has 0 aliphatic carbocycles. The van der Waals surface area contributed by atoms with Gasteiger partial charge in [0.15, 0.2) is 5.50 Å². The van der Waals surface area contributed by atoms with Gasteiger partial charge in [0.1, 0.15) is 0 Å². The SMILES string of the molecule is SC1[N]C=CC=N1. The largest absolute Gasteiger partial charge is 0.256 e. The Morgan fingerprint density at radius 2 is 2.43 bits per heavy atom. The van der Waals surface area contributed by atoms with Crippen LogP contribution in [0.3, 0.4) is 0 Å². The van der Waals surface area contributed by atoms with Crippen LogP contribution in [0.4, 0.5) is 0 Å². The van der Waals surface area contributed by atoms with Crippen LogP contribution in [0.2, 0.25) is 0 Å². The first-order valence-corrected chi connectivity index (χ1v) is 2.47. The molecule has 7 heavy (non-hydrogen) atoms. The van der Waals surface area contributed by atoms with E-state index < -0.39 is 0 Å². The lowest BCUT2D eigenvalue weighted by molar-refractivity contribution is 0.807. The van der Waals surface area contributed by atoms with Gasteiger partial charge in [-0.25, -0.2) is 0 Å². The van der Waals surface area contributed by atoms with E-state index in [4.69, 9.17) is 0 Å². The molecule has 1 rings (SSSR count). The van der Waals surface area contributed by atoms with Crippen molar-refractivity contribution < 1.29 is 0 Å². The van der Waals surface area contributed by atoms with Crippen LogP contribution in [0.5, 0.6) is 0 Å². The zero-order chi connectivity index (χ0) is 5.11. The summed E-state index contributed by atoms with van der Waals surface area (Å²) in [4.78, 5) is 3.82. The minimum atomic E-state index is -0.162. The van der Waals surface area contributed by atoms with Gasteiger partial charge in [0.25, 0.3) is 0 Å². The third-order valence-electron chi connectivity index (χ3n) is 0.611. The highest BCUT2D eigenvalue weighted by molar-refractivity contribution is 7.80. The quantitative estimate of drug-likeness (QED) is 0.440. The van der Waals surface area contributed by atoms with Crippen molar-refractivity contribution in [3.63, 3.8) is 0 Å². The van der Waals surface area contributed by atoms with Crippen LogP contribution in [-0.2, 0) is 0 Å². The average molecular weight is 113 g/mol. The molecule has 1 radical (unpaired) electrons. The summed E-state index contributed by atoms with van der Waals surface area (Å²) in [5.41, 5.74) is -0.162. The first-order valence-electron chi connectivity index (χ1n) is 1.96. The summed E-state index contributed by atoms with van der Waals surface area (Å²) in [5.74, 6) is 0. The summed E-state index contributed by atoms with van der Waals surface area (Å²) < 4.78 is 0. The molecule has 1 aliphatic heterocycles. The van der Waals surface area contributed by atoms with E-state index in [9.17, 15) is 0 Å². The molecule has 0 aromatic rings. The number of aliphatic imine (C=N–C) groups is 1. The summed E-state index contributed by atoms with van der Waals surface area (Å²) in [7, 11) is 0. The van der Waals surface area contributed by atoms with E-state index in [-0.39, 0.29) is 5.50 Å². The number of hydrogen-bond acceptors (Lipinski definition) is 2. The van der Waals surface area contributed by atoms with Gasteiger partial charge in [0.05, 0.1) is 0 Å². The summed E-state index contributed by atoms with van der Waals surface area (Å²) in [6, 6.07) is 0. The van der Waals surface area contributed by atoms with Crippen LogP contribution in [0, 0.1) is 0 Å².